The van der Waals surface area contributed by atoms with Gasteiger partial charge >= 0.3 is 5.97 Å². The topological polar surface area (TPSA) is 104 Å². The Kier molecular flexibility index (Phi) is 4.98. The van der Waals surface area contributed by atoms with Crippen LogP contribution in [0.1, 0.15) is 12.8 Å². The zero-order valence-electron chi connectivity index (χ0n) is 6.51. The molecule has 0 aromatic heterocycles. The highest BCUT2D eigenvalue weighted by Gasteiger charge is 2.22. The molecule has 0 unspecified atom stereocenters. The lowest BCUT2D eigenvalue weighted by Gasteiger charge is -2.17. The van der Waals surface area contributed by atoms with Crippen LogP contribution in [0.2, 0.25) is 0 Å². The van der Waals surface area contributed by atoms with Gasteiger partial charge in [0.15, 0.2) is 6.04 Å². The predicted molar refractivity (Wildman–Crippen MR) is 39.4 cm³/mol. The number of nitrogens with two attached hydrogens (primary N) is 1. The van der Waals surface area contributed by atoms with Gasteiger partial charge in [0.25, 0.3) is 0 Å². The summed E-state index contributed by atoms with van der Waals surface area (Å²) in [4.78, 5) is 20.4. The normalized spacial score (nSPS) is 12.2. The molecule has 0 aromatic carbocycles. The molecular formula is C6H12N2O4. The van der Waals surface area contributed by atoms with Gasteiger partial charge in [0.05, 0.1) is 0 Å². The van der Waals surface area contributed by atoms with E-state index in [9.17, 15) is 9.59 Å². The van der Waals surface area contributed by atoms with Crippen LogP contribution >= 0.6 is 0 Å². The Bertz CT molecular complexity index is 162. The fourth-order valence-electron chi connectivity index (χ4n) is 0.754. The van der Waals surface area contributed by atoms with Crippen LogP contribution in [0.4, 0.5) is 0 Å². The van der Waals surface area contributed by atoms with Gasteiger partial charge in [0, 0.05) is 0 Å². The molecule has 0 heterocycles. The second kappa shape index (κ2) is 5.50. The summed E-state index contributed by atoms with van der Waals surface area (Å²) in [5.74, 6) is -1.24. The molecule has 1 amide bonds. The summed E-state index contributed by atoms with van der Waals surface area (Å²) in [6, 6.07) is -1.19. The Balaban J connectivity index is 4.03. The first-order valence-corrected chi connectivity index (χ1v) is 3.49. The fraction of sp³-hybridized carbons (Fsp3) is 0.667. The van der Waals surface area contributed by atoms with E-state index in [1.807, 2.05) is 0 Å². The Labute approximate surface area is 69.5 Å². The average Bonchev–Trinajstić information content (AvgIpc) is 2.04. The highest BCUT2D eigenvalue weighted by molar-refractivity contribution is 5.75. The van der Waals surface area contributed by atoms with Gasteiger partial charge in [0.1, 0.15) is 0 Å². The van der Waals surface area contributed by atoms with Crippen molar-refractivity contribution in [1.29, 1.82) is 0 Å². The molecule has 0 aliphatic carbocycles. The van der Waals surface area contributed by atoms with Crippen LogP contribution in [0.15, 0.2) is 0 Å². The maximum Gasteiger partial charge on any atom is 0.329 e. The number of hydrogen-bond acceptors (Lipinski definition) is 4. The molecule has 0 spiro atoms. The van der Waals surface area contributed by atoms with E-state index in [2.05, 4.69) is 0 Å². The third kappa shape index (κ3) is 3.31. The minimum Gasteiger partial charge on any atom is -0.480 e. The van der Waals surface area contributed by atoms with Crippen molar-refractivity contribution in [1.82, 2.24) is 5.06 Å². The fourth-order valence-corrected chi connectivity index (χ4v) is 0.754. The Morgan fingerprint density at radius 2 is 2.25 bits per heavy atom. The molecule has 0 aromatic rings. The van der Waals surface area contributed by atoms with Gasteiger partial charge in [-0.25, -0.2) is 9.86 Å². The summed E-state index contributed by atoms with van der Waals surface area (Å²) < 4.78 is 0. The summed E-state index contributed by atoms with van der Waals surface area (Å²) in [5.41, 5.74) is 5.14. The second-order valence-corrected chi connectivity index (χ2v) is 2.27. The van der Waals surface area contributed by atoms with E-state index >= 15 is 0 Å². The molecule has 0 saturated carbocycles. The van der Waals surface area contributed by atoms with Crippen LogP contribution < -0.4 is 5.73 Å². The quantitative estimate of drug-likeness (QED) is 0.274. The van der Waals surface area contributed by atoms with E-state index < -0.39 is 12.0 Å². The number of rotatable bonds is 6. The lowest BCUT2D eigenvalue weighted by atomic mass is 10.1. The van der Waals surface area contributed by atoms with Crippen molar-refractivity contribution in [2.45, 2.75) is 18.9 Å². The maximum absolute atomic E-state index is 10.4. The van der Waals surface area contributed by atoms with E-state index in [0.29, 0.717) is 13.0 Å². The van der Waals surface area contributed by atoms with E-state index in [1.54, 1.807) is 0 Å². The SMILES string of the molecule is NCCC[C@@H](C(=O)O)N(O)C=O. The van der Waals surface area contributed by atoms with E-state index in [1.165, 1.54) is 0 Å². The third-order valence-corrected chi connectivity index (χ3v) is 1.39. The summed E-state index contributed by atoms with van der Waals surface area (Å²) >= 11 is 0. The van der Waals surface area contributed by atoms with Gasteiger partial charge < -0.3 is 10.8 Å². The zero-order chi connectivity index (χ0) is 9.56. The monoisotopic (exact) mass is 176 g/mol. The minimum absolute atomic E-state index is 0.0648. The smallest absolute Gasteiger partial charge is 0.329 e. The first-order valence-electron chi connectivity index (χ1n) is 3.49. The number of amides is 1. The first-order chi connectivity index (χ1) is 5.63. The molecule has 0 fully saturated rings. The molecule has 0 rings (SSSR count). The first kappa shape index (κ1) is 10.9. The number of hydrogen-bond donors (Lipinski definition) is 3. The van der Waals surface area contributed by atoms with Gasteiger partial charge in [-0.1, -0.05) is 0 Å². The van der Waals surface area contributed by atoms with Crippen LogP contribution in [0, 0.1) is 0 Å². The molecule has 0 radical (unpaired) electrons. The Morgan fingerprint density at radius 3 is 2.58 bits per heavy atom. The van der Waals surface area contributed by atoms with Crippen molar-refractivity contribution in [2.24, 2.45) is 5.73 Å². The number of hydroxylamine groups is 2. The average molecular weight is 176 g/mol. The molecule has 6 nitrogen and oxygen atoms in total. The number of aliphatic carboxylic acids is 1. The minimum atomic E-state index is -1.24. The van der Waals surface area contributed by atoms with Crippen LogP contribution in [0.5, 0.6) is 0 Å². The van der Waals surface area contributed by atoms with Crippen LogP contribution in [-0.4, -0.2) is 40.3 Å². The Morgan fingerprint density at radius 1 is 1.67 bits per heavy atom. The van der Waals surface area contributed by atoms with Crippen molar-refractivity contribution >= 4 is 12.4 Å². The molecule has 0 saturated heterocycles. The van der Waals surface area contributed by atoms with Crippen molar-refractivity contribution < 1.29 is 19.9 Å². The van der Waals surface area contributed by atoms with Gasteiger partial charge in [-0.15, -0.1) is 0 Å². The second-order valence-electron chi connectivity index (χ2n) is 2.27. The van der Waals surface area contributed by atoms with Crippen LogP contribution in [-0.2, 0) is 9.59 Å². The zero-order valence-corrected chi connectivity index (χ0v) is 6.51. The van der Waals surface area contributed by atoms with E-state index in [4.69, 9.17) is 16.0 Å². The largest absolute Gasteiger partial charge is 0.480 e. The third-order valence-electron chi connectivity index (χ3n) is 1.39. The van der Waals surface area contributed by atoms with Crippen LogP contribution in [0.3, 0.4) is 0 Å². The Hall–Kier alpha value is -1.14. The van der Waals surface area contributed by atoms with Crippen molar-refractivity contribution in [3.63, 3.8) is 0 Å². The van der Waals surface area contributed by atoms with Crippen molar-refractivity contribution in [3.8, 4) is 0 Å². The van der Waals surface area contributed by atoms with Crippen LogP contribution in [0.25, 0.3) is 0 Å². The molecule has 4 N–H and O–H groups in total. The lowest BCUT2D eigenvalue weighted by Crippen LogP contribution is -2.38. The number of carbonyl (C=O) groups is 2. The number of nitrogens with zero attached hydrogens (tertiary/aromatic N) is 1. The highest BCUT2D eigenvalue weighted by atomic mass is 16.5. The van der Waals surface area contributed by atoms with Gasteiger partial charge in [0.2, 0.25) is 6.41 Å². The molecule has 0 aliphatic heterocycles. The van der Waals surface area contributed by atoms with Gasteiger partial charge in [-0.2, -0.15) is 0 Å². The number of carboxylic acid groups (broad SMARTS) is 1. The number of carbonyl (C=O) groups excluding carboxylic acids is 1. The van der Waals surface area contributed by atoms with Gasteiger partial charge in [-0.3, -0.25) is 10.0 Å². The molecule has 0 bridgehead atoms. The molecule has 1 atom stereocenters. The maximum atomic E-state index is 10.4. The summed E-state index contributed by atoms with van der Waals surface area (Å²) in [5, 5.41) is 17.4. The van der Waals surface area contributed by atoms with E-state index in [0.717, 1.165) is 0 Å². The highest BCUT2D eigenvalue weighted by Crippen LogP contribution is 2.02. The summed E-state index contributed by atoms with van der Waals surface area (Å²) in [6.07, 6.45) is 0.665. The lowest BCUT2D eigenvalue weighted by molar-refractivity contribution is -0.175. The standard InChI is InChI=1S/C6H12N2O4/c7-3-1-2-5(6(10)11)8(12)4-9/h4-5,12H,1-3,7H2,(H,10,11)/t5-/m0/s1. The van der Waals surface area contributed by atoms with E-state index in [-0.39, 0.29) is 17.9 Å². The van der Waals surface area contributed by atoms with Crippen molar-refractivity contribution in [3.05, 3.63) is 0 Å². The number of carboxylic acids is 1. The molecule has 0 aliphatic rings. The van der Waals surface area contributed by atoms with Crippen molar-refractivity contribution in [2.75, 3.05) is 6.54 Å². The van der Waals surface area contributed by atoms with Gasteiger partial charge in [-0.05, 0) is 19.4 Å². The molecule has 70 valence electrons. The predicted octanol–water partition coefficient (Wildman–Crippen LogP) is -0.974. The summed E-state index contributed by atoms with van der Waals surface area (Å²) in [6.45, 7) is 0.330. The molecule has 12 heavy (non-hydrogen) atoms. The molecular weight excluding hydrogens is 164 g/mol. The molecule has 6 heteroatoms. The summed E-state index contributed by atoms with van der Waals surface area (Å²) in [7, 11) is 0.